The van der Waals surface area contributed by atoms with E-state index in [1.54, 1.807) is 24.3 Å². The predicted octanol–water partition coefficient (Wildman–Crippen LogP) is 2.25. The minimum Gasteiger partial charge on any atom is -0.394 e. The first kappa shape index (κ1) is 21.9. The van der Waals surface area contributed by atoms with Crippen LogP contribution in [-0.2, 0) is 4.79 Å². The summed E-state index contributed by atoms with van der Waals surface area (Å²) in [5.41, 5.74) is 1.19. The van der Waals surface area contributed by atoms with Crippen LogP contribution in [0.4, 0.5) is 0 Å². The molecular formula is C25H26N2O5. The minimum atomic E-state index is -1.10. The van der Waals surface area contributed by atoms with Gasteiger partial charge in [0.1, 0.15) is 6.04 Å². The smallest absolute Gasteiger partial charge is 0.252 e. The van der Waals surface area contributed by atoms with Gasteiger partial charge in [-0.3, -0.25) is 19.2 Å². The van der Waals surface area contributed by atoms with Gasteiger partial charge >= 0.3 is 0 Å². The Bertz CT molecular complexity index is 1070. The molecule has 1 atom stereocenters. The van der Waals surface area contributed by atoms with Crippen LogP contribution in [0, 0.1) is 5.92 Å². The number of benzene rings is 2. The monoisotopic (exact) mass is 434 g/mol. The molecule has 2 amide bonds. The van der Waals surface area contributed by atoms with Crippen LogP contribution >= 0.6 is 0 Å². The van der Waals surface area contributed by atoms with Crippen molar-refractivity contribution in [2.75, 3.05) is 13.2 Å². The van der Waals surface area contributed by atoms with Gasteiger partial charge in [-0.2, -0.15) is 0 Å². The molecule has 4 rings (SSSR count). The van der Waals surface area contributed by atoms with Crippen molar-refractivity contribution in [1.82, 2.24) is 10.6 Å². The number of amides is 2. The Kier molecular flexibility index (Phi) is 6.46. The lowest BCUT2D eigenvalue weighted by Gasteiger charge is -2.23. The van der Waals surface area contributed by atoms with Gasteiger partial charge in [-0.1, -0.05) is 43.5 Å². The molecular weight excluding hydrogens is 408 g/mol. The van der Waals surface area contributed by atoms with Gasteiger partial charge < -0.3 is 15.7 Å². The molecule has 3 N–H and O–H groups in total. The van der Waals surface area contributed by atoms with Crippen molar-refractivity contribution in [1.29, 1.82) is 0 Å². The number of rotatable bonds is 6. The Hall–Kier alpha value is -3.32. The molecule has 1 fully saturated rings. The van der Waals surface area contributed by atoms with Gasteiger partial charge in [0, 0.05) is 34.4 Å². The summed E-state index contributed by atoms with van der Waals surface area (Å²) in [5, 5.41) is 15.0. The van der Waals surface area contributed by atoms with Crippen molar-refractivity contribution in [2.45, 2.75) is 38.1 Å². The van der Waals surface area contributed by atoms with E-state index >= 15 is 0 Å². The maximum atomic E-state index is 12.9. The van der Waals surface area contributed by atoms with Crippen molar-refractivity contribution in [3.63, 3.8) is 0 Å². The lowest BCUT2D eigenvalue weighted by Crippen LogP contribution is -2.49. The zero-order chi connectivity index (χ0) is 22.7. The average Bonchev–Trinajstić information content (AvgIpc) is 2.84. The highest BCUT2D eigenvalue weighted by atomic mass is 16.3. The Morgan fingerprint density at radius 3 is 2.19 bits per heavy atom. The molecule has 2 aliphatic carbocycles. The first-order valence-corrected chi connectivity index (χ1v) is 11.0. The van der Waals surface area contributed by atoms with Crippen molar-refractivity contribution >= 4 is 23.4 Å². The molecule has 2 aromatic rings. The zero-order valence-corrected chi connectivity index (χ0v) is 17.7. The van der Waals surface area contributed by atoms with Gasteiger partial charge in [0.15, 0.2) is 11.6 Å². The third kappa shape index (κ3) is 4.34. The van der Waals surface area contributed by atoms with Crippen LogP contribution < -0.4 is 10.6 Å². The Labute approximate surface area is 186 Å². The van der Waals surface area contributed by atoms with Crippen LogP contribution in [0.3, 0.4) is 0 Å². The summed E-state index contributed by atoms with van der Waals surface area (Å²) in [6.45, 7) is -0.0158. The molecule has 0 bridgehead atoms. The summed E-state index contributed by atoms with van der Waals surface area (Å²) in [4.78, 5) is 50.8. The fourth-order valence-electron chi connectivity index (χ4n) is 4.44. The molecule has 0 heterocycles. The van der Waals surface area contributed by atoms with Gasteiger partial charge in [0.05, 0.1) is 6.61 Å². The first-order valence-electron chi connectivity index (χ1n) is 11.0. The van der Waals surface area contributed by atoms with Crippen LogP contribution in [0.25, 0.3) is 0 Å². The number of carbonyl (C=O) groups is 4. The molecule has 0 unspecified atom stereocenters. The highest BCUT2D eigenvalue weighted by molar-refractivity contribution is 6.28. The summed E-state index contributed by atoms with van der Waals surface area (Å²) in [5.74, 6) is -1.20. The summed E-state index contributed by atoms with van der Waals surface area (Å²) in [7, 11) is 0. The van der Waals surface area contributed by atoms with E-state index in [2.05, 4.69) is 10.6 Å². The molecule has 0 radical (unpaired) electrons. The third-order valence-corrected chi connectivity index (χ3v) is 6.28. The van der Waals surface area contributed by atoms with E-state index in [0.717, 1.165) is 25.7 Å². The van der Waals surface area contributed by atoms with E-state index in [9.17, 15) is 24.3 Å². The van der Waals surface area contributed by atoms with Crippen LogP contribution in [0.2, 0.25) is 0 Å². The lowest BCUT2D eigenvalue weighted by molar-refractivity contribution is -0.124. The van der Waals surface area contributed by atoms with E-state index in [0.29, 0.717) is 23.6 Å². The van der Waals surface area contributed by atoms with Crippen LogP contribution in [0.1, 0.15) is 74.3 Å². The fraction of sp³-hybridized carbons (Fsp3) is 0.360. The maximum absolute atomic E-state index is 12.9. The quantitative estimate of drug-likeness (QED) is 0.551. The second-order valence-corrected chi connectivity index (χ2v) is 8.42. The van der Waals surface area contributed by atoms with Crippen molar-refractivity contribution in [2.24, 2.45) is 5.92 Å². The lowest BCUT2D eigenvalue weighted by atomic mass is 9.83. The van der Waals surface area contributed by atoms with Crippen LogP contribution in [-0.4, -0.2) is 47.7 Å². The van der Waals surface area contributed by atoms with E-state index in [4.69, 9.17) is 0 Å². The summed E-state index contributed by atoms with van der Waals surface area (Å²) in [6, 6.07) is 9.75. The van der Waals surface area contributed by atoms with Gasteiger partial charge in [0.2, 0.25) is 5.91 Å². The molecule has 32 heavy (non-hydrogen) atoms. The van der Waals surface area contributed by atoms with E-state index < -0.39 is 24.5 Å². The van der Waals surface area contributed by atoms with Gasteiger partial charge in [-0.05, 0) is 37.0 Å². The van der Waals surface area contributed by atoms with Gasteiger partial charge in [0.25, 0.3) is 5.91 Å². The molecule has 0 saturated heterocycles. The topological polar surface area (TPSA) is 113 Å². The van der Waals surface area contributed by atoms with E-state index in [-0.39, 0.29) is 28.3 Å². The van der Waals surface area contributed by atoms with E-state index in [1.165, 1.54) is 24.6 Å². The number of hydrogen-bond acceptors (Lipinski definition) is 5. The summed E-state index contributed by atoms with van der Waals surface area (Å²) in [6.07, 6.45) is 5.68. The molecule has 0 aliphatic heterocycles. The van der Waals surface area contributed by atoms with E-state index in [1.807, 2.05) is 0 Å². The molecule has 0 aromatic heterocycles. The molecule has 0 spiro atoms. The number of aliphatic hydroxyl groups is 1. The molecule has 2 aliphatic rings. The third-order valence-electron chi connectivity index (χ3n) is 6.28. The highest BCUT2D eigenvalue weighted by Gasteiger charge is 2.30. The fourth-order valence-corrected chi connectivity index (χ4v) is 4.44. The van der Waals surface area contributed by atoms with Crippen LogP contribution in [0.5, 0.6) is 0 Å². The van der Waals surface area contributed by atoms with Crippen molar-refractivity contribution in [3.8, 4) is 0 Å². The molecule has 1 saturated carbocycles. The average molecular weight is 434 g/mol. The first-order chi connectivity index (χ1) is 15.5. The maximum Gasteiger partial charge on any atom is 0.252 e. The number of nitrogens with one attached hydrogen (secondary N) is 2. The number of fused-ring (bicyclic) bond motifs is 2. The standard InChI is InChI=1S/C25H26N2O5/c28-14-21(25(32)26-13-15-6-2-1-3-7-15)27-24(31)16-10-11-19-20(12-16)23(30)18-9-5-4-8-17(18)22(19)29/h4-5,8-12,15,21,28H,1-3,6-7,13-14H2,(H,26,32)(H,27,31)/t21-/m0/s1. The SMILES string of the molecule is O=C(N[C@@H](CO)C(=O)NCC1CCCCC1)c1ccc2c(c1)C(=O)c1ccccc1C2=O. The molecule has 166 valence electrons. The number of hydrogen-bond donors (Lipinski definition) is 3. The van der Waals surface area contributed by atoms with Gasteiger partial charge in [-0.15, -0.1) is 0 Å². The minimum absolute atomic E-state index is 0.141. The molecule has 7 nitrogen and oxygen atoms in total. The van der Waals surface area contributed by atoms with Crippen LogP contribution in [0.15, 0.2) is 42.5 Å². The second-order valence-electron chi connectivity index (χ2n) is 8.42. The highest BCUT2D eigenvalue weighted by Crippen LogP contribution is 2.28. The van der Waals surface area contributed by atoms with Crippen molar-refractivity contribution in [3.05, 3.63) is 70.3 Å². The zero-order valence-electron chi connectivity index (χ0n) is 17.7. The Morgan fingerprint density at radius 2 is 1.53 bits per heavy atom. The van der Waals surface area contributed by atoms with Gasteiger partial charge in [-0.25, -0.2) is 0 Å². The number of carbonyl (C=O) groups excluding carboxylic acids is 4. The molecule has 2 aromatic carbocycles. The second kappa shape index (κ2) is 9.44. The number of ketones is 2. The molecule has 7 heteroatoms. The number of aliphatic hydroxyl groups excluding tert-OH is 1. The summed E-state index contributed by atoms with van der Waals surface area (Å²) < 4.78 is 0. The normalized spacial score (nSPS) is 16.7. The van der Waals surface area contributed by atoms with Crippen molar-refractivity contribution < 1.29 is 24.3 Å². The predicted molar refractivity (Wildman–Crippen MR) is 118 cm³/mol. The Morgan fingerprint density at radius 1 is 0.906 bits per heavy atom. The summed E-state index contributed by atoms with van der Waals surface area (Å²) >= 11 is 0. The largest absolute Gasteiger partial charge is 0.394 e. The Balaban J connectivity index is 1.45.